The van der Waals surface area contributed by atoms with Gasteiger partial charge in [0, 0.05) is 11.9 Å². The number of methoxy groups -OCH3 is 4. The zero-order valence-electron chi connectivity index (χ0n) is 51.4. The molecule has 0 radical (unpaired) electrons. The normalized spacial score (nSPS) is 9.69. The molecule has 460 valence electrons. The molecule has 0 unspecified atom stereocenters. The lowest BCUT2D eigenvalue weighted by Crippen LogP contribution is -2.17. The van der Waals surface area contributed by atoms with Gasteiger partial charge in [0.05, 0.1) is 46.5 Å². The fraction of sp³-hybridized carbons (Fsp3) is 0.225. The third-order valence-corrected chi connectivity index (χ3v) is 11.0. The first-order valence-electron chi connectivity index (χ1n) is 26.8. The Labute approximate surface area is 503 Å². The largest absolute Gasteiger partial charge is 0.573 e. The number of pyridine rings is 1. The van der Waals surface area contributed by atoms with Crippen LogP contribution in [0.3, 0.4) is 0 Å². The van der Waals surface area contributed by atoms with Crippen LogP contribution < -0.4 is 23.7 Å². The van der Waals surface area contributed by atoms with E-state index in [0.717, 1.165) is 51.8 Å². The molecule has 10 aromatic rings. The number of ether oxygens (including phenoxy) is 5. The van der Waals surface area contributed by atoms with Crippen LogP contribution in [0.25, 0.3) is 0 Å². The lowest BCUT2D eigenvalue weighted by atomic mass is 10.1. The van der Waals surface area contributed by atoms with E-state index in [1.165, 1.54) is 65.6 Å². The molecular weight excluding hydrogens is 1110 g/mol. The highest BCUT2D eigenvalue weighted by molar-refractivity contribution is 5.34. The van der Waals surface area contributed by atoms with Gasteiger partial charge in [-0.25, -0.2) is 4.39 Å². The quantitative estimate of drug-likeness (QED) is 0.158. The number of furan rings is 2. The summed E-state index contributed by atoms with van der Waals surface area (Å²) < 4.78 is 117. The van der Waals surface area contributed by atoms with Crippen LogP contribution in [0, 0.1) is 75.1 Å². The smallest absolute Gasteiger partial charge is 0.497 e. The van der Waals surface area contributed by atoms with Crippen molar-refractivity contribution in [2.75, 3.05) is 28.4 Å². The van der Waals surface area contributed by atoms with Gasteiger partial charge in [0.2, 0.25) is 0 Å². The minimum absolute atomic E-state index is 0.148. The van der Waals surface area contributed by atoms with E-state index in [2.05, 4.69) is 9.72 Å². The van der Waals surface area contributed by atoms with Crippen molar-refractivity contribution in [2.24, 2.45) is 0 Å². The number of alkyl halides is 6. The van der Waals surface area contributed by atoms with Crippen molar-refractivity contribution in [3.63, 3.8) is 0 Å². The number of para-hydroxylation sites is 3. The molecule has 0 bridgehead atoms. The monoisotopic (exact) mass is 1190 g/mol. The summed E-state index contributed by atoms with van der Waals surface area (Å²) in [6.45, 7) is 18.8. The van der Waals surface area contributed by atoms with E-state index < -0.39 is 18.1 Å². The summed E-state index contributed by atoms with van der Waals surface area (Å²) in [7, 11) is 6.72. The number of benzene rings is 7. The van der Waals surface area contributed by atoms with Gasteiger partial charge in [-0.15, -0.1) is 13.2 Å². The van der Waals surface area contributed by atoms with Crippen LogP contribution in [0.4, 0.5) is 30.7 Å². The molecule has 86 heavy (non-hydrogen) atoms. The van der Waals surface area contributed by atoms with E-state index in [9.17, 15) is 30.7 Å². The molecule has 0 aliphatic rings. The summed E-state index contributed by atoms with van der Waals surface area (Å²) in [6.07, 6.45) is -3.71. The van der Waals surface area contributed by atoms with Crippen LogP contribution in [0.15, 0.2) is 240 Å². The summed E-state index contributed by atoms with van der Waals surface area (Å²) in [5.74, 6) is 5.39. The molecule has 0 amide bonds. The number of halogens is 7. The first-order chi connectivity index (χ1) is 40.8. The maximum absolute atomic E-state index is 12.2. The van der Waals surface area contributed by atoms with Crippen LogP contribution >= 0.6 is 0 Å². The molecule has 0 fully saturated rings. The molecule has 0 atom stereocenters. The highest BCUT2D eigenvalue weighted by Gasteiger charge is 2.32. The summed E-state index contributed by atoms with van der Waals surface area (Å²) in [4.78, 5) is 3.98. The Morgan fingerprint density at radius 3 is 0.965 bits per heavy atom. The average molecular weight is 1190 g/mol. The van der Waals surface area contributed by atoms with Gasteiger partial charge in [-0.1, -0.05) is 115 Å². The van der Waals surface area contributed by atoms with E-state index in [4.69, 9.17) is 27.8 Å². The molecule has 0 spiro atoms. The van der Waals surface area contributed by atoms with Gasteiger partial charge in [0.15, 0.2) is 0 Å². The summed E-state index contributed by atoms with van der Waals surface area (Å²) in [6, 6.07) is 63.2. The minimum Gasteiger partial charge on any atom is -0.497 e. The van der Waals surface area contributed by atoms with E-state index in [0.29, 0.717) is 5.56 Å². The standard InChI is InChI=1S/C8H7F3O.C8H7F3.4C8H10O.C7H7F.C6H7N.2C5H6O/c1-6-4-2-3-5-7(6)12-8(9,10)11;1-6-4-2-3-5-7(6)8(9,10)11;2*1-7-4-3-5-8(6-7)9-2;2*1-7-5-3-4-6-8(7)9-2;1-6-3-2-4-7(8)5-6;1-6-4-2-3-5-7-6;2*1-5-3-2-4-6-5/h2-5H,1H3;2-5H,1H3;4*3-6H,1-2H3;2-5H,1H3;2-5H,1H3;2*2-4H,1H3. The second kappa shape index (κ2) is 42.5. The Morgan fingerprint density at radius 1 is 0.360 bits per heavy atom. The van der Waals surface area contributed by atoms with Gasteiger partial charge < -0.3 is 32.5 Å². The Kier molecular flexibility index (Phi) is 37.0. The topological polar surface area (TPSA) is 85.3 Å². The number of hydrogen-bond donors (Lipinski definition) is 0. The van der Waals surface area contributed by atoms with Gasteiger partial charge in [-0.05, 0) is 205 Å². The first kappa shape index (κ1) is 74.8. The van der Waals surface area contributed by atoms with Crippen molar-refractivity contribution in [3.05, 3.63) is 299 Å². The lowest BCUT2D eigenvalue weighted by Gasteiger charge is -2.10. The Hall–Kier alpha value is -9.24. The van der Waals surface area contributed by atoms with Gasteiger partial charge in [0.1, 0.15) is 46.1 Å². The number of rotatable bonds is 5. The van der Waals surface area contributed by atoms with Crippen LogP contribution in [-0.2, 0) is 6.18 Å². The van der Waals surface area contributed by atoms with E-state index in [-0.39, 0.29) is 17.1 Å². The Morgan fingerprint density at radius 2 is 0.744 bits per heavy atom. The molecular formula is C71H80F7NO7. The van der Waals surface area contributed by atoms with Crippen LogP contribution in [-0.4, -0.2) is 39.8 Å². The van der Waals surface area contributed by atoms with Crippen molar-refractivity contribution < 1.29 is 63.3 Å². The fourth-order valence-corrected chi connectivity index (χ4v) is 6.52. The maximum Gasteiger partial charge on any atom is 0.573 e. The van der Waals surface area contributed by atoms with Gasteiger partial charge in [-0.3, -0.25) is 4.98 Å². The van der Waals surface area contributed by atoms with Crippen molar-refractivity contribution in [1.29, 1.82) is 0 Å². The lowest BCUT2D eigenvalue weighted by molar-refractivity contribution is -0.274. The first-order valence-corrected chi connectivity index (χ1v) is 26.8. The van der Waals surface area contributed by atoms with Crippen molar-refractivity contribution >= 4 is 0 Å². The SMILES string of the molecule is COc1cccc(C)c1.COc1cccc(C)c1.COc1ccccc1C.COc1ccccc1C.Cc1cccc(F)c1.Cc1ccccc1C(F)(F)F.Cc1ccccc1OC(F)(F)F.Cc1ccccn1.Cc1ccco1.Cc1ccco1. The van der Waals surface area contributed by atoms with Crippen LogP contribution in [0.2, 0.25) is 0 Å². The molecule has 0 aliphatic heterocycles. The van der Waals surface area contributed by atoms with E-state index >= 15 is 0 Å². The summed E-state index contributed by atoms with van der Waals surface area (Å²) in [5.41, 5.74) is 7.03. The summed E-state index contributed by atoms with van der Waals surface area (Å²) in [5, 5.41) is 0. The third kappa shape index (κ3) is 36.4. The van der Waals surface area contributed by atoms with Crippen molar-refractivity contribution in [1.82, 2.24) is 4.98 Å². The molecule has 7 aromatic carbocycles. The van der Waals surface area contributed by atoms with E-state index in [1.54, 1.807) is 78.4 Å². The van der Waals surface area contributed by atoms with Crippen LogP contribution in [0.5, 0.6) is 28.7 Å². The molecule has 0 N–H and O–H groups in total. The highest BCUT2D eigenvalue weighted by Crippen LogP contribution is 2.31. The van der Waals surface area contributed by atoms with Crippen molar-refractivity contribution in [2.45, 2.75) is 81.8 Å². The molecule has 15 heteroatoms. The predicted molar refractivity (Wildman–Crippen MR) is 332 cm³/mol. The second-order valence-electron chi connectivity index (χ2n) is 18.3. The predicted octanol–water partition coefficient (Wildman–Crippen LogP) is 20.6. The molecule has 3 heterocycles. The molecule has 3 aromatic heterocycles. The number of aryl methyl sites for hydroxylation is 10. The Bertz CT molecular complexity index is 3150. The van der Waals surface area contributed by atoms with Crippen LogP contribution in [0.1, 0.15) is 61.7 Å². The maximum atomic E-state index is 12.2. The number of aromatic nitrogens is 1. The molecule has 0 saturated carbocycles. The fourth-order valence-electron chi connectivity index (χ4n) is 6.52. The van der Waals surface area contributed by atoms with Gasteiger partial charge in [-0.2, -0.15) is 13.2 Å². The molecule has 8 nitrogen and oxygen atoms in total. The minimum atomic E-state index is -4.61. The van der Waals surface area contributed by atoms with Crippen molar-refractivity contribution in [3.8, 4) is 28.7 Å². The summed E-state index contributed by atoms with van der Waals surface area (Å²) >= 11 is 0. The van der Waals surface area contributed by atoms with Gasteiger partial charge in [0.25, 0.3) is 0 Å². The van der Waals surface area contributed by atoms with E-state index in [1.807, 2.05) is 201 Å². The third-order valence-electron chi connectivity index (χ3n) is 11.0. The number of nitrogens with zero attached hydrogens (tertiary/aromatic N) is 1. The second-order valence-corrected chi connectivity index (χ2v) is 18.3. The Balaban J connectivity index is 0.000000481. The highest BCUT2D eigenvalue weighted by atomic mass is 19.4. The molecule has 0 saturated heterocycles. The average Bonchev–Trinajstić information content (AvgIpc) is 4.00. The zero-order valence-corrected chi connectivity index (χ0v) is 51.4. The van der Waals surface area contributed by atoms with Gasteiger partial charge >= 0.3 is 12.5 Å². The molecule has 0 aliphatic carbocycles. The zero-order chi connectivity index (χ0) is 64.3. The molecule has 10 rings (SSSR count). The number of hydrogen-bond acceptors (Lipinski definition) is 8.